The number of nitrogens with zero attached hydrogens (tertiary/aromatic N) is 6. The number of methoxy groups -OCH3 is 1. The van der Waals surface area contributed by atoms with Gasteiger partial charge in [-0.05, 0) is 102 Å². The molecule has 0 bridgehead atoms. The van der Waals surface area contributed by atoms with Gasteiger partial charge < -0.3 is 9.64 Å². The average molecular weight is 639 g/mol. The predicted octanol–water partition coefficient (Wildman–Crippen LogP) is 5.63. The highest BCUT2D eigenvalue weighted by molar-refractivity contribution is 5.96. The van der Waals surface area contributed by atoms with Gasteiger partial charge in [0.25, 0.3) is 5.91 Å². The predicted molar refractivity (Wildman–Crippen MR) is 188 cm³/mol. The Kier molecular flexibility index (Phi) is 10.6. The molecule has 2 aromatic carbocycles. The van der Waals surface area contributed by atoms with Crippen molar-refractivity contribution < 1.29 is 9.53 Å². The van der Waals surface area contributed by atoms with Crippen molar-refractivity contribution >= 4 is 5.91 Å². The summed E-state index contributed by atoms with van der Waals surface area (Å²) in [6.07, 6.45) is 7.15. The number of hydrogen-bond acceptors (Lipinski definition) is 7. The standard InChI is InChI=1S/C39H54N6O2/c1-29-26-44(39(4)17-21-43(22-18-39)38(46)37-30(2)40-28-41-31(37)3)23-24-45(29)36(25-32-9-7-6-8-10-32)34-15-19-42(20-16-34)27-33-11-13-35(47-5)14-12-33/h6-14,28-29,34,36H,15-27H2,1-5H3/t29-,36-/m0/s1. The van der Waals surface area contributed by atoms with Gasteiger partial charge in [0.2, 0.25) is 0 Å². The van der Waals surface area contributed by atoms with Gasteiger partial charge >= 0.3 is 0 Å². The Balaban J connectivity index is 1.08. The van der Waals surface area contributed by atoms with Gasteiger partial charge in [0, 0.05) is 56.9 Å². The number of piperidine rings is 2. The number of amides is 1. The van der Waals surface area contributed by atoms with E-state index in [4.69, 9.17) is 4.74 Å². The number of benzene rings is 2. The van der Waals surface area contributed by atoms with Crippen LogP contribution in [0.1, 0.15) is 72.4 Å². The molecule has 0 aliphatic carbocycles. The van der Waals surface area contributed by atoms with Crippen LogP contribution in [-0.2, 0) is 13.0 Å². The average Bonchev–Trinajstić information content (AvgIpc) is 3.09. The summed E-state index contributed by atoms with van der Waals surface area (Å²) >= 11 is 0. The minimum atomic E-state index is 0.0830. The summed E-state index contributed by atoms with van der Waals surface area (Å²) in [5.41, 5.74) is 5.14. The second-order valence-corrected chi connectivity index (χ2v) is 14.5. The number of carbonyl (C=O) groups is 1. The first-order valence-corrected chi connectivity index (χ1v) is 17.7. The summed E-state index contributed by atoms with van der Waals surface area (Å²) in [5.74, 6) is 1.69. The molecule has 0 N–H and O–H groups in total. The molecule has 3 aliphatic rings. The Labute approximate surface area is 282 Å². The van der Waals surface area contributed by atoms with Crippen molar-refractivity contribution in [2.75, 3.05) is 52.9 Å². The number of ether oxygens (including phenoxy) is 1. The Morgan fingerprint density at radius 2 is 1.55 bits per heavy atom. The Morgan fingerprint density at radius 1 is 0.894 bits per heavy atom. The van der Waals surface area contributed by atoms with Gasteiger partial charge in [-0.3, -0.25) is 19.5 Å². The van der Waals surface area contributed by atoms with Crippen molar-refractivity contribution in [1.29, 1.82) is 0 Å². The van der Waals surface area contributed by atoms with E-state index >= 15 is 0 Å². The summed E-state index contributed by atoms with van der Waals surface area (Å²) in [7, 11) is 1.73. The molecule has 3 aromatic rings. The molecule has 1 aromatic heterocycles. The first kappa shape index (κ1) is 33.6. The Morgan fingerprint density at radius 3 is 2.17 bits per heavy atom. The fraction of sp³-hybridized carbons (Fsp3) is 0.564. The lowest BCUT2D eigenvalue weighted by Gasteiger charge is -2.54. The largest absolute Gasteiger partial charge is 0.497 e. The number of aryl methyl sites for hydroxylation is 2. The summed E-state index contributed by atoms with van der Waals surface area (Å²) in [4.78, 5) is 32.3. The lowest BCUT2D eigenvalue weighted by atomic mass is 9.82. The molecule has 0 radical (unpaired) electrons. The number of aromatic nitrogens is 2. The molecule has 0 saturated carbocycles. The van der Waals surface area contributed by atoms with E-state index in [2.05, 4.69) is 93.1 Å². The molecule has 0 spiro atoms. The molecule has 3 saturated heterocycles. The van der Waals surface area contributed by atoms with Gasteiger partial charge in [0.15, 0.2) is 0 Å². The maximum Gasteiger partial charge on any atom is 0.257 e. The van der Waals surface area contributed by atoms with E-state index in [0.717, 1.165) is 88.8 Å². The Hall–Kier alpha value is -3.33. The van der Waals surface area contributed by atoms with Crippen LogP contribution in [0.25, 0.3) is 0 Å². The van der Waals surface area contributed by atoms with Gasteiger partial charge in [0.1, 0.15) is 12.1 Å². The van der Waals surface area contributed by atoms with Crippen LogP contribution >= 0.6 is 0 Å². The quantitative estimate of drug-likeness (QED) is 0.301. The van der Waals surface area contributed by atoms with Crippen molar-refractivity contribution in [3.05, 3.63) is 89.0 Å². The highest BCUT2D eigenvalue weighted by Crippen LogP contribution is 2.35. The molecule has 3 aliphatic heterocycles. The zero-order valence-corrected chi connectivity index (χ0v) is 29.2. The van der Waals surface area contributed by atoms with Crippen molar-refractivity contribution in [3.8, 4) is 5.75 Å². The second-order valence-electron chi connectivity index (χ2n) is 14.5. The van der Waals surface area contributed by atoms with Crippen molar-refractivity contribution in [2.45, 2.75) is 84.0 Å². The highest BCUT2D eigenvalue weighted by Gasteiger charge is 2.42. The van der Waals surface area contributed by atoms with E-state index in [-0.39, 0.29) is 11.4 Å². The molecule has 6 rings (SSSR count). The molecule has 4 heterocycles. The first-order valence-electron chi connectivity index (χ1n) is 17.7. The topological polar surface area (TPSA) is 65.0 Å². The monoisotopic (exact) mass is 638 g/mol. The summed E-state index contributed by atoms with van der Waals surface area (Å²) in [5, 5.41) is 0. The van der Waals surface area contributed by atoms with E-state index in [1.807, 2.05) is 18.7 Å². The maximum absolute atomic E-state index is 13.5. The third-order valence-corrected chi connectivity index (χ3v) is 11.5. The van der Waals surface area contributed by atoms with Gasteiger partial charge in [-0.25, -0.2) is 9.97 Å². The Bertz CT molecular complexity index is 1440. The van der Waals surface area contributed by atoms with Crippen LogP contribution < -0.4 is 4.74 Å². The fourth-order valence-corrected chi connectivity index (χ4v) is 8.42. The molecule has 252 valence electrons. The normalized spacial score (nSPS) is 22.2. The van der Waals surface area contributed by atoms with Gasteiger partial charge in [0.05, 0.1) is 24.1 Å². The van der Waals surface area contributed by atoms with E-state index in [1.54, 1.807) is 13.4 Å². The van der Waals surface area contributed by atoms with Crippen LogP contribution in [0, 0.1) is 19.8 Å². The number of carbonyl (C=O) groups excluding carboxylic acids is 1. The molecule has 0 unspecified atom stereocenters. The molecule has 8 heteroatoms. The molecule has 8 nitrogen and oxygen atoms in total. The van der Waals surface area contributed by atoms with Crippen LogP contribution in [0.4, 0.5) is 0 Å². The maximum atomic E-state index is 13.5. The van der Waals surface area contributed by atoms with Crippen LogP contribution in [0.15, 0.2) is 60.9 Å². The van der Waals surface area contributed by atoms with Gasteiger partial charge in [-0.1, -0.05) is 42.5 Å². The van der Waals surface area contributed by atoms with Crippen LogP contribution in [-0.4, -0.2) is 106 Å². The van der Waals surface area contributed by atoms with Gasteiger partial charge in [-0.15, -0.1) is 0 Å². The minimum Gasteiger partial charge on any atom is -0.497 e. The zero-order valence-electron chi connectivity index (χ0n) is 29.2. The SMILES string of the molecule is COc1ccc(CN2CCC([C@H](Cc3ccccc3)N3CCN(C4(C)CCN(C(=O)c5c(C)ncnc5C)CC4)C[C@@H]3C)CC2)cc1. The third-order valence-electron chi connectivity index (χ3n) is 11.5. The lowest BCUT2D eigenvalue weighted by Crippen LogP contribution is -2.64. The van der Waals surface area contributed by atoms with Crippen LogP contribution in [0.5, 0.6) is 5.75 Å². The number of hydrogen-bond donors (Lipinski definition) is 0. The summed E-state index contributed by atoms with van der Waals surface area (Å²) < 4.78 is 5.36. The summed E-state index contributed by atoms with van der Waals surface area (Å²) in [6, 6.07) is 20.7. The third kappa shape index (κ3) is 7.71. The van der Waals surface area contributed by atoms with Crippen LogP contribution in [0.3, 0.4) is 0 Å². The number of piperazine rings is 1. The first-order chi connectivity index (χ1) is 22.7. The fourth-order valence-electron chi connectivity index (χ4n) is 8.42. The van der Waals surface area contributed by atoms with E-state index in [9.17, 15) is 4.79 Å². The lowest BCUT2D eigenvalue weighted by molar-refractivity contribution is -0.0429. The van der Waals surface area contributed by atoms with E-state index in [0.29, 0.717) is 23.6 Å². The molecular formula is C39H54N6O2. The summed E-state index contributed by atoms with van der Waals surface area (Å²) in [6.45, 7) is 16.8. The molecule has 1 amide bonds. The smallest absolute Gasteiger partial charge is 0.257 e. The number of rotatable bonds is 9. The number of likely N-dealkylation sites (tertiary alicyclic amines) is 2. The zero-order chi connectivity index (χ0) is 33.0. The molecule has 3 fully saturated rings. The van der Waals surface area contributed by atoms with Gasteiger partial charge in [-0.2, -0.15) is 0 Å². The van der Waals surface area contributed by atoms with Crippen LogP contribution in [0.2, 0.25) is 0 Å². The molecule has 47 heavy (non-hydrogen) atoms. The van der Waals surface area contributed by atoms with Crippen molar-refractivity contribution in [3.63, 3.8) is 0 Å². The van der Waals surface area contributed by atoms with E-state index in [1.165, 1.54) is 24.0 Å². The van der Waals surface area contributed by atoms with E-state index < -0.39 is 0 Å². The van der Waals surface area contributed by atoms with Crippen molar-refractivity contribution in [2.24, 2.45) is 5.92 Å². The molecular weight excluding hydrogens is 584 g/mol. The van der Waals surface area contributed by atoms with Crippen molar-refractivity contribution in [1.82, 2.24) is 29.6 Å². The second kappa shape index (κ2) is 14.8. The minimum absolute atomic E-state index is 0.0830. The molecule has 2 atom stereocenters. The highest BCUT2D eigenvalue weighted by atomic mass is 16.5.